The van der Waals surface area contributed by atoms with Crippen LogP contribution in [0.5, 0.6) is 0 Å². The molecule has 8 nitrogen and oxygen atoms in total. The minimum absolute atomic E-state index is 0.0205. The van der Waals surface area contributed by atoms with E-state index in [-0.39, 0.29) is 17.2 Å². The van der Waals surface area contributed by atoms with Crippen LogP contribution in [-0.2, 0) is 21.4 Å². The van der Waals surface area contributed by atoms with Gasteiger partial charge < -0.3 is 15.7 Å². The molecule has 270 valence electrons. The predicted octanol–water partition coefficient (Wildman–Crippen LogP) is 8.80. The number of carboxylic acids is 1. The maximum Gasteiger partial charge on any atom is 0.310 e. The Balaban J connectivity index is 0.000000339. The van der Waals surface area contributed by atoms with Gasteiger partial charge in [-0.25, -0.2) is 9.97 Å². The van der Waals surface area contributed by atoms with Gasteiger partial charge >= 0.3 is 5.97 Å². The zero-order valence-electron chi connectivity index (χ0n) is 30.8. The molecule has 50 heavy (non-hydrogen) atoms. The number of primary amides is 1. The summed E-state index contributed by atoms with van der Waals surface area (Å²) >= 11 is 1.47. The number of hydrogen-bond acceptors (Lipinski definition) is 6. The van der Waals surface area contributed by atoms with Crippen molar-refractivity contribution in [2.24, 2.45) is 29.4 Å². The van der Waals surface area contributed by atoms with Crippen LogP contribution in [0.2, 0.25) is 0 Å². The fourth-order valence-electron chi connectivity index (χ4n) is 6.89. The molecule has 1 aliphatic heterocycles. The maximum absolute atomic E-state index is 12.2. The Morgan fingerprint density at radius 3 is 2.04 bits per heavy atom. The number of amides is 2. The van der Waals surface area contributed by atoms with E-state index in [0.717, 1.165) is 40.9 Å². The smallest absolute Gasteiger partial charge is 0.310 e. The number of nitrogens with zero attached hydrogens (tertiary/aromatic N) is 3. The summed E-state index contributed by atoms with van der Waals surface area (Å²) in [5.74, 6) is 1.85. The maximum atomic E-state index is 12.2. The van der Waals surface area contributed by atoms with E-state index in [2.05, 4.69) is 43.7 Å². The standard InChI is InChI=1S/C30H37N3O3.C9H13NOS.C2H6/c1-20-2-7-22(8-3-20)23-11-13-24(14-12-23)26-16-31-29(32-17-26)25-9-4-21(5-10-25)6-15-28(34)33-18-27(19-33)30(35)36;1-9(2,3)7-5-4-6(12-7)8(10)11;1-2/h4-5,9-10,13,16-17,20,22-23,27H,2-3,6-8,11-12,14-15,18-19H2,1H3,(H,35,36);4-5H,1-3H3,(H2,10,11);1-2H3. The second-order valence-corrected chi connectivity index (χ2v) is 16.0. The number of carboxylic acid groups (broad SMARTS) is 1. The highest BCUT2D eigenvalue weighted by molar-refractivity contribution is 7.14. The number of carbonyl (C=O) groups is 3. The highest BCUT2D eigenvalue weighted by atomic mass is 32.1. The molecule has 1 aromatic carbocycles. The van der Waals surface area contributed by atoms with Gasteiger partial charge in [-0.05, 0) is 85.0 Å². The lowest BCUT2D eigenvalue weighted by atomic mass is 9.71. The highest BCUT2D eigenvalue weighted by Crippen LogP contribution is 2.41. The van der Waals surface area contributed by atoms with Crippen molar-refractivity contribution in [1.29, 1.82) is 0 Å². The molecule has 1 atom stereocenters. The number of aliphatic carboxylic acids is 1. The number of thiophene rings is 1. The quantitative estimate of drug-likeness (QED) is 0.242. The van der Waals surface area contributed by atoms with Gasteiger partial charge in [0, 0.05) is 47.9 Å². The summed E-state index contributed by atoms with van der Waals surface area (Å²) < 4.78 is 0. The third-order valence-electron chi connectivity index (χ3n) is 10.2. The number of aryl methyl sites for hydroxylation is 1. The predicted molar refractivity (Wildman–Crippen MR) is 203 cm³/mol. The van der Waals surface area contributed by atoms with Crippen LogP contribution >= 0.6 is 11.3 Å². The van der Waals surface area contributed by atoms with E-state index in [0.29, 0.717) is 36.6 Å². The molecule has 3 N–H and O–H groups in total. The average Bonchev–Trinajstić information content (AvgIpc) is 3.61. The first-order valence-electron chi connectivity index (χ1n) is 18.4. The normalized spacial score (nSPS) is 20.6. The Hall–Kier alpha value is -3.85. The lowest BCUT2D eigenvalue weighted by Gasteiger charge is -2.36. The van der Waals surface area contributed by atoms with Crippen molar-refractivity contribution in [3.8, 4) is 11.4 Å². The number of likely N-dealkylation sites (tertiary alicyclic amines) is 1. The van der Waals surface area contributed by atoms with E-state index >= 15 is 0 Å². The van der Waals surface area contributed by atoms with Crippen molar-refractivity contribution in [1.82, 2.24) is 14.9 Å². The summed E-state index contributed by atoms with van der Waals surface area (Å²) in [5.41, 5.74) is 9.82. The molecule has 6 rings (SSSR count). The molecule has 3 heterocycles. The molecule has 3 aliphatic rings. The zero-order chi connectivity index (χ0) is 36.4. The lowest BCUT2D eigenvalue weighted by Crippen LogP contribution is -2.53. The Bertz CT molecular complexity index is 1590. The third-order valence-corrected chi connectivity index (χ3v) is 11.7. The topological polar surface area (TPSA) is 126 Å². The van der Waals surface area contributed by atoms with Gasteiger partial charge in [0.2, 0.25) is 5.91 Å². The third kappa shape index (κ3) is 10.6. The number of carbonyl (C=O) groups excluding carboxylic acids is 2. The van der Waals surface area contributed by atoms with Crippen LogP contribution in [0.25, 0.3) is 17.0 Å². The fourth-order valence-corrected chi connectivity index (χ4v) is 7.80. The molecule has 2 amide bonds. The van der Waals surface area contributed by atoms with Crippen molar-refractivity contribution in [2.75, 3.05) is 13.1 Å². The van der Waals surface area contributed by atoms with Gasteiger partial charge in [0.05, 0.1) is 10.8 Å². The minimum atomic E-state index is -0.821. The van der Waals surface area contributed by atoms with Gasteiger partial charge in [0.15, 0.2) is 5.82 Å². The van der Waals surface area contributed by atoms with Crippen molar-refractivity contribution >= 4 is 34.7 Å². The van der Waals surface area contributed by atoms with Crippen LogP contribution in [0, 0.1) is 23.7 Å². The highest BCUT2D eigenvalue weighted by Gasteiger charge is 2.35. The van der Waals surface area contributed by atoms with Crippen LogP contribution in [0.3, 0.4) is 0 Å². The van der Waals surface area contributed by atoms with Gasteiger partial charge in [-0.3, -0.25) is 14.4 Å². The van der Waals surface area contributed by atoms with Gasteiger partial charge in [0.25, 0.3) is 5.91 Å². The van der Waals surface area contributed by atoms with Gasteiger partial charge in [-0.1, -0.05) is 84.7 Å². The van der Waals surface area contributed by atoms with Crippen LogP contribution in [0.15, 0.2) is 54.9 Å². The van der Waals surface area contributed by atoms with Crippen LogP contribution in [0.1, 0.15) is 119 Å². The van der Waals surface area contributed by atoms with Crippen molar-refractivity contribution in [2.45, 2.75) is 105 Å². The monoisotopic (exact) mass is 700 g/mol. The first-order valence-corrected chi connectivity index (χ1v) is 19.2. The summed E-state index contributed by atoms with van der Waals surface area (Å²) in [7, 11) is 0. The van der Waals surface area contributed by atoms with Crippen LogP contribution in [-0.4, -0.2) is 50.8 Å². The summed E-state index contributed by atoms with van der Waals surface area (Å²) in [6.07, 6.45) is 16.6. The number of nitrogens with two attached hydrogens (primary N) is 1. The summed E-state index contributed by atoms with van der Waals surface area (Å²) in [6, 6.07) is 11.8. The molecule has 1 unspecified atom stereocenters. The zero-order valence-corrected chi connectivity index (χ0v) is 31.6. The van der Waals surface area contributed by atoms with Gasteiger partial charge in [0.1, 0.15) is 0 Å². The number of aromatic nitrogens is 2. The Morgan fingerprint density at radius 2 is 1.54 bits per heavy atom. The van der Waals surface area contributed by atoms with E-state index in [9.17, 15) is 14.4 Å². The summed E-state index contributed by atoms with van der Waals surface area (Å²) in [6.45, 7) is 13.4. The van der Waals surface area contributed by atoms with Gasteiger partial charge in [-0.15, -0.1) is 11.3 Å². The van der Waals surface area contributed by atoms with E-state index in [1.54, 1.807) is 11.0 Å². The molecule has 1 saturated heterocycles. The molecule has 9 heteroatoms. The number of rotatable bonds is 8. The van der Waals surface area contributed by atoms with Crippen molar-refractivity contribution in [3.63, 3.8) is 0 Å². The molecule has 0 radical (unpaired) electrons. The number of hydrogen-bond donors (Lipinski definition) is 2. The van der Waals surface area contributed by atoms with Crippen LogP contribution in [0.4, 0.5) is 0 Å². The van der Waals surface area contributed by atoms with Crippen molar-refractivity contribution in [3.05, 3.63) is 75.7 Å². The molecule has 2 aromatic heterocycles. The van der Waals surface area contributed by atoms with E-state index in [4.69, 9.17) is 10.8 Å². The first-order chi connectivity index (χ1) is 23.9. The molecule has 3 aromatic rings. The minimum Gasteiger partial charge on any atom is -0.481 e. The molecule has 0 bridgehead atoms. The summed E-state index contributed by atoms with van der Waals surface area (Å²) in [5, 5.41) is 8.95. The van der Waals surface area contributed by atoms with E-state index in [1.807, 2.05) is 56.6 Å². The van der Waals surface area contributed by atoms with Crippen LogP contribution < -0.4 is 5.73 Å². The Labute approximate surface area is 302 Å². The molecule has 2 fully saturated rings. The number of allylic oxidation sites excluding steroid dienone is 2. The average molecular weight is 701 g/mol. The first kappa shape index (κ1) is 38.9. The Kier molecular flexibility index (Phi) is 13.9. The molecular formula is C41H56N4O4S. The summed E-state index contributed by atoms with van der Waals surface area (Å²) in [4.78, 5) is 46.7. The fraction of sp³-hybridized carbons (Fsp3) is 0.537. The van der Waals surface area contributed by atoms with E-state index < -0.39 is 11.9 Å². The second kappa shape index (κ2) is 17.9. The van der Waals surface area contributed by atoms with Crippen molar-refractivity contribution < 1.29 is 19.5 Å². The molecule has 1 saturated carbocycles. The number of benzene rings is 1. The SMILES string of the molecule is CC.CC(C)(C)c1ccc(C(N)=O)s1.CC1CCC(C2CC=C(c3cnc(-c4ccc(CCC(=O)N5CC(C(=O)O)C5)cc4)nc3)CC2)CC1. The van der Waals surface area contributed by atoms with E-state index in [1.165, 1.54) is 60.3 Å². The second-order valence-electron chi connectivity index (χ2n) is 14.9. The lowest BCUT2D eigenvalue weighted by molar-refractivity contribution is -0.152. The Morgan fingerprint density at radius 1 is 0.900 bits per heavy atom. The largest absolute Gasteiger partial charge is 0.481 e. The molecule has 2 aliphatic carbocycles. The molecule has 0 spiro atoms. The van der Waals surface area contributed by atoms with Gasteiger partial charge in [-0.2, -0.15) is 0 Å². The molecular weight excluding hydrogens is 645 g/mol.